The summed E-state index contributed by atoms with van der Waals surface area (Å²) in [7, 11) is -3.42. The van der Waals surface area contributed by atoms with Crippen molar-refractivity contribution in [2.45, 2.75) is 24.3 Å². The van der Waals surface area contributed by atoms with Crippen LogP contribution >= 0.6 is 0 Å². The third-order valence-corrected chi connectivity index (χ3v) is 5.66. The number of hydrogen-bond donors (Lipinski definition) is 3. The molecule has 132 valence electrons. The van der Waals surface area contributed by atoms with Crippen LogP contribution in [0.5, 0.6) is 0 Å². The van der Waals surface area contributed by atoms with E-state index in [2.05, 4.69) is 10.6 Å². The average Bonchev–Trinajstić information content (AvgIpc) is 3.13. The van der Waals surface area contributed by atoms with E-state index in [0.29, 0.717) is 13.1 Å². The van der Waals surface area contributed by atoms with E-state index in [1.807, 2.05) is 0 Å². The summed E-state index contributed by atoms with van der Waals surface area (Å²) < 4.78 is 26.3. The molecule has 9 heteroatoms. The van der Waals surface area contributed by atoms with E-state index in [9.17, 15) is 18.0 Å². The van der Waals surface area contributed by atoms with Crippen molar-refractivity contribution in [2.24, 2.45) is 5.73 Å². The maximum atomic E-state index is 12.4. The fourth-order valence-electron chi connectivity index (χ4n) is 2.37. The zero-order chi connectivity index (χ0) is 17.6. The molecule has 4 N–H and O–H groups in total. The number of rotatable bonds is 7. The van der Waals surface area contributed by atoms with Crippen LogP contribution in [-0.2, 0) is 26.2 Å². The Bertz CT molecular complexity index is 682. The first kappa shape index (κ1) is 18.4. The van der Waals surface area contributed by atoms with E-state index in [0.717, 1.165) is 18.4 Å². The molecule has 0 saturated carbocycles. The number of sulfonamides is 1. The maximum absolute atomic E-state index is 12.4. The summed E-state index contributed by atoms with van der Waals surface area (Å²) in [5.41, 5.74) is 5.89. The van der Waals surface area contributed by atoms with Crippen LogP contribution in [0, 0.1) is 0 Å². The predicted octanol–water partition coefficient (Wildman–Crippen LogP) is -0.838. The molecular formula is C15H22N4O4S. The molecule has 0 unspecified atom stereocenters. The second-order valence-corrected chi connectivity index (χ2v) is 7.45. The minimum atomic E-state index is -3.42. The van der Waals surface area contributed by atoms with E-state index < -0.39 is 15.9 Å². The SMILES string of the molecule is NCC(=O)NCC(=O)NCc1ccc(S(=O)(=O)N2CCCC2)cc1. The lowest BCUT2D eigenvalue weighted by molar-refractivity contribution is -0.125. The van der Waals surface area contributed by atoms with Crippen LogP contribution in [0.1, 0.15) is 18.4 Å². The number of nitrogens with zero attached hydrogens (tertiary/aromatic N) is 1. The summed E-state index contributed by atoms with van der Waals surface area (Å²) in [6, 6.07) is 6.43. The number of benzene rings is 1. The molecule has 1 aliphatic heterocycles. The lowest BCUT2D eigenvalue weighted by atomic mass is 10.2. The zero-order valence-corrected chi connectivity index (χ0v) is 14.1. The summed E-state index contributed by atoms with van der Waals surface area (Å²) in [5.74, 6) is -0.743. The molecule has 0 aliphatic carbocycles. The van der Waals surface area contributed by atoms with Gasteiger partial charge in [0.05, 0.1) is 18.0 Å². The second kappa shape index (κ2) is 8.22. The maximum Gasteiger partial charge on any atom is 0.243 e. The van der Waals surface area contributed by atoms with Crippen molar-refractivity contribution in [3.05, 3.63) is 29.8 Å². The fraction of sp³-hybridized carbons (Fsp3) is 0.467. The van der Waals surface area contributed by atoms with E-state index >= 15 is 0 Å². The highest BCUT2D eigenvalue weighted by molar-refractivity contribution is 7.89. The Balaban J connectivity index is 1.88. The van der Waals surface area contributed by atoms with Crippen molar-refractivity contribution >= 4 is 21.8 Å². The number of amides is 2. The minimum Gasteiger partial charge on any atom is -0.350 e. The first-order chi connectivity index (χ1) is 11.4. The van der Waals surface area contributed by atoms with Crippen molar-refractivity contribution in [2.75, 3.05) is 26.2 Å². The van der Waals surface area contributed by atoms with Gasteiger partial charge < -0.3 is 16.4 Å². The van der Waals surface area contributed by atoms with E-state index in [-0.39, 0.29) is 30.4 Å². The highest BCUT2D eigenvalue weighted by atomic mass is 32.2. The van der Waals surface area contributed by atoms with Crippen LogP contribution in [0.15, 0.2) is 29.2 Å². The third-order valence-electron chi connectivity index (χ3n) is 3.75. The van der Waals surface area contributed by atoms with Gasteiger partial charge in [-0.05, 0) is 30.5 Å². The standard InChI is InChI=1S/C15H22N4O4S/c16-9-14(20)18-11-15(21)17-10-12-3-5-13(6-4-12)24(22,23)19-7-1-2-8-19/h3-6H,1-2,7-11,16H2,(H,17,21)(H,18,20). The third kappa shape index (κ3) is 4.76. The Morgan fingerprint density at radius 3 is 2.25 bits per heavy atom. The van der Waals surface area contributed by atoms with Gasteiger partial charge in [-0.15, -0.1) is 0 Å². The van der Waals surface area contributed by atoms with Crippen molar-refractivity contribution < 1.29 is 18.0 Å². The van der Waals surface area contributed by atoms with E-state index in [1.165, 1.54) is 4.31 Å². The summed E-state index contributed by atoms with van der Waals surface area (Å²) in [6.07, 6.45) is 1.79. The van der Waals surface area contributed by atoms with Crippen molar-refractivity contribution in [3.8, 4) is 0 Å². The summed E-state index contributed by atoms with van der Waals surface area (Å²) >= 11 is 0. The van der Waals surface area contributed by atoms with Gasteiger partial charge in [0.15, 0.2) is 0 Å². The number of carbonyl (C=O) groups is 2. The summed E-state index contributed by atoms with van der Waals surface area (Å²) in [4.78, 5) is 22.8. The normalized spacial score (nSPS) is 15.2. The summed E-state index contributed by atoms with van der Waals surface area (Å²) in [5, 5.41) is 5.01. The van der Waals surface area contributed by atoms with Gasteiger partial charge in [0.1, 0.15) is 0 Å². The zero-order valence-electron chi connectivity index (χ0n) is 13.3. The van der Waals surface area contributed by atoms with Crippen LogP contribution in [0.2, 0.25) is 0 Å². The number of nitrogens with two attached hydrogens (primary N) is 1. The van der Waals surface area contributed by atoms with E-state index in [1.54, 1.807) is 24.3 Å². The van der Waals surface area contributed by atoms with Gasteiger partial charge in [-0.1, -0.05) is 12.1 Å². The smallest absolute Gasteiger partial charge is 0.243 e. The van der Waals surface area contributed by atoms with Crippen molar-refractivity contribution in [1.29, 1.82) is 0 Å². The molecule has 0 atom stereocenters. The molecular weight excluding hydrogens is 332 g/mol. The fourth-order valence-corrected chi connectivity index (χ4v) is 3.89. The van der Waals surface area contributed by atoms with Crippen LogP contribution in [0.25, 0.3) is 0 Å². The van der Waals surface area contributed by atoms with Gasteiger partial charge in [-0.2, -0.15) is 4.31 Å². The van der Waals surface area contributed by atoms with Gasteiger partial charge >= 0.3 is 0 Å². The number of nitrogens with one attached hydrogen (secondary N) is 2. The molecule has 24 heavy (non-hydrogen) atoms. The lowest BCUT2D eigenvalue weighted by Gasteiger charge is -2.15. The molecule has 1 heterocycles. The molecule has 1 aromatic carbocycles. The topological polar surface area (TPSA) is 122 Å². The Kier molecular flexibility index (Phi) is 6.29. The van der Waals surface area contributed by atoms with Gasteiger partial charge in [-0.25, -0.2) is 8.42 Å². The minimum absolute atomic E-state index is 0.141. The molecule has 0 aromatic heterocycles. The van der Waals surface area contributed by atoms with Crippen molar-refractivity contribution in [3.63, 3.8) is 0 Å². The first-order valence-corrected chi connectivity index (χ1v) is 9.20. The summed E-state index contributed by atoms with van der Waals surface area (Å²) in [6.45, 7) is 1.07. The average molecular weight is 354 g/mol. The molecule has 8 nitrogen and oxygen atoms in total. The van der Waals surface area contributed by atoms with Crippen LogP contribution in [0.3, 0.4) is 0 Å². The van der Waals surface area contributed by atoms with E-state index in [4.69, 9.17) is 5.73 Å². The van der Waals surface area contributed by atoms with Gasteiger partial charge in [-0.3, -0.25) is 9.59 Å². The molecule has 2 rings (SSSR count). The molecule has 1 aromatic rings. The molecule has 1 aliphatic rings. The highest BCUT2D eigenvalue weighted by Crippen LogP contribution is 2.20. The molecule has 0 bridgehead atoms. The Morgan fingerprint density at radius 1 is 1.04 bits per heavy atom. The number of carbonyl (C=O) groups excluding carboxylic acids is 2. The van der Waals surface area contributed by atoms with Crippen molar-refractivity contribution in [1.82, 2.24) is 14.9 Å². The van der Waals surface area contributed by atoms with Gasteiger partial charge in [0, 0.05) is 19.6 Å². The largest absolute Gasteiger partial charge is 0.350 e. The van der Waals surface area contributed by atoms with Gasteiger partial charge in [0.25, 0.3) is 0 Å². The van der Waals surface area contributed by atoms with Gasteiger partial charge in [0.2, 0.25) is 21.8 Å². The molecule has 1 saturated heterocycles. The molecule has 0 spiro atoms. The molecule has 1 fully saturated rings. The van der Waals surface area contributed by atoms with Crippen LogP contribution < -0.4 is 16.4 Å². The molecule has 2 amide bonds. The first-order valence-electron chi connectivity index (χ1n) is 7.76. The molecule has 0 radical (unpaired) electrons. The van der Waals surface area contributed by atoms with Crippen LogP contribution in [-0.4, -0.2) is 50.7 Å². The monoisotopic (exact) mass is 354 g/mol. The quantitative estimate of drug-likeness (QED) is 0.589. The van der Waals surface area contributed by atoms with Crippen LogP contribution in [0.4, 0.5) is 0 Å². The lowest BCUT2D eigenvalue weighted by Crippen LogP contribution is -2.39. The second-order valence-electron chi connectivity index (χ2n) is 5.51. The highest BCUT2D eigenvalue weighted by Gasteiger charge is 2.26. The Morgan fingerprint density at radius 2 is 1.67 bits per heavy atom. The Hall–Kier alpha value is -1.97. The number of hydrogen-bond acceptors (Lipinski definition) is 5. The predicted molar refractivity (Wildman–Crippen MR) is 88.3 cm³/mol. The Labute approximate surface area is 141 Å².